The van der Waals surface area contributed by atoms with E-state index in [0.29, 0.717) is 18.4 Å². The van der Waals surface area contributed by atoms with Crippen molar-refractivity contribution in [3.63, 3.8) is 0 Å². The molecule has 0 saturated carbocycles. The fraction of sp³-hybridized carbons (Fsp3) is 0.375. The topological polar surface area (TPSA) is 62.5 Å². The van der Waals surface area contributed by atoms with Crippen LogP contribution in [-0.4, -0.2) is 41.5 Å². The number of carbonyl (C=O) groups excluding carboxylic acids is 1. The van der Waals surface area contributed by atoms with Crippen molar-refractivity contribution in [3.05, 3.63) is 30.6 Å². The van der Waals surface area contributed by atoms with Crippen LogP contribution >= 0.6 is 0 Å². The SMILES string of the molecule is Nc1c(N2CCN3C(=O)CCC3C2)ccc2cnccc12. The Hall–Kier alpha value is -2.30. The molecule has 5 nitrogen and oxygen atoms in total. The number of piperazine rings is 1. The minimum absolute atomic E-state index is 0.303. The highest BCUT2D eigenvalue weighted by Crippen LogP contribution is 2.33. The second-order valence-electron chi connectivity index (χ2n) is 5.82. The van der Waals surface area contributed by atoms with E-state index < -0.39 is 0 Å². The Bertz CT molecular complexity index is 714. The smallest absolute Gasteiger partial charge is 0.223 e. The quantitative estimate of drug-likeness (QED) is 0.808. The highest BCUT2D eigenvalue weighted by molar-refractivity contribution is 5.98. The van der Waals surface area contributed by atoms with Crippen molar-refractivity contribution in [1.29, 1.82) is 0 Å². The first-order valence-corrected chi connectivity index (χ1v) is 7.40. The molecule has 2 aliphatic rings. The Morgan fingerprint density at radius 3 is 3.05 bits per heavy atom. The Kier molecular flexibility index (Phi) is 2.74. The lowest BCUT2D eigenvalue weighted by Crippen LogP contribution is -2.51. The van der Waals surface area contributed by atoms with Crippen LogP contribution in [0.2, 0.25) is 0 Å². The predicted octanol–water partition coefficient (Wildman–Crippen LogP) is 1.63. The van der Waals surface area contributed by atoms with Gasteiger partial charge in [0.2, 0.25) is 5.91 Å². The summed E-state index contributed by atoms with van der Waals surface area (Å²) in [6, 6.07) is 6.45. The lowest BCUT2D eigenvalue weighted by Gasteiger charge is -2.39. The molecule has 0 spiro atoms. The third-order valence-corrected chi connectivity index (χ3v) is 4.67. The lowest BCUT2D eigenvalue weighted by molar-refractivity contribution is -0.129. The molecule has 2 aromatic rings. The minimum Gasteiger partial charge on any atom is -0.397 e. The molecule has 2 fully saturated rings. The summed E-state index contributed by atoms with van der Waals surface area (Å²) in [7, 11) is 0. The zero-order valence-corrected chi connectivity index (χ0v) is 11.8. The largest absolute Gasteiger partial charge is 0.397 e. The molecule has 1 amide bonds. The standard InChI is InChI=1S/C16H18N4O/c17-16-13-5-6-18-9-11(13)1-3-14(16)19-7-8-20-12(10-19)2-4-15(20)21/h1,3,5-6,9,12H,2,4,7-8,10,17H2. The van der Waals surface area contributed by atoms with Crippen molar-refractivity contribution in [1.82, 2.24) is 9.88 Å². The minimum atomic E-state index is 0.303. The van der Waals surface area contributed by atoms with Crippen LogP contribution in [0.3, 0.4) is 0 Å². The normalized spacial score (nSPS) is 21.9. The molecule has 3 heterocycles. The molecule has 2 saturated heterocycles. The zero-order chi connectivity index (χ0) is 14.4. The van der Waals surface area contributed by atoms with Crippen molar-refractivity contribution in [3.8, 4) is 0 Å². The molecule has 1 unspecified atom stereocenters. The fourth-order valence-electron chi connectivity index (χ4n) is 3.54. The molecule has 21 heavy (non-hydrogen) atoms. The van der Waals surface area contributed by atoms with Crippen LogP contribution in [0.1, 0.15) is 12.8 Å². The average Bonchev–Trinajstić information content (AvgIpc) is 2.89. The van der Waals surface area contributed by atoms with Gasteiger partial charge in [0, 0.05) is 55.3 Å². The van der Waals surface area contributed by atoms with Gasteiger partial charge < -0.3 is 15.5 Å². The molecule has 0 bridgehead atoms. The number of benzene rings is 1. The van der Waals surface area contributed by atoms with Gasteiger partial charge >= 0.3 is 0 Å². The summed E-state index contributed by atoms with van der Waals surface area (Å²) in [5.74, 6) is 0.303. The molecular formula is C16H18N4O. The van der Waals surface area contributed by atoms with Crippen molar-refractivity contribution in [2.75, 3.05) is 30.3 Å². The number of aromatic nitrogens is 1. The van der Waals surface area contributed by atoms with Gasteiger partial charge in [0.1, 0.15) is 0 Å². The number of pyridine rings is 1. The van der Waals surface area contributed by atoms with Gasteiger partial charge in [-0.1, -0.05) is 6.07 Å². The summed E-state index contributed by atoms with van der Waals surface area (Å²) in [4.78, 5) is 20.2. The molecule has 5 heteroatoms. The highest BCUT2D eigenvalue weighted by Gasteiger charge is 2.35. The van der Waals surface area contributed by atoms with Crippen LogP contribution in [0, 0.1) is 0 Å². The molecular weight excluding hydrogens is 264 g/mol. The molecule has 1 aromatic heterocycles. The van der Waals surface area contributed by atoms with E-state index >= 15 is 0 Å². The summed E-state index contributed by atoms with van der Waals surface area (Å²) in [5.41, 5.74) is 8.25. The number of nitrogen functional groups attached to an aromatic ring is 1. The molecule has 0 radical (unpaired) electrons. The number of nitrogens with zero attached hydrogens (tertiary/aromatic N) is 3. The molecule has 2 N–H and O–H groups in total. The number of rotatable bonds is 1. The van der Waals surface area contributed by atoms with E-state index in [1.165, 1.54) is 0 Å². The Morgan fingerprint density at radius 2 is 2.14 bits per heavy atom. The monoisotopic (exact) mass is 282 g/mol. The number of hydrogen-bond acceptors (Lipinski definition) is 4. The van der Waals surface area contributed by atoms with E-state index in [9.17, 15) is 4.79 Å². The first kappa shape index (κ1) is 12.4. The highest BCUT2D eigenvalue weighted by atomic mass is 16.2. The Labute approximate surface area is 123 Å². The van der Waals surface area contributed by atoms with Crippen LogP contribution in [0.4, 0.5) is 11.4 Å². The number of nitrogens with two attached hydrogens (primary N) is 1. The summed E-state index contributed by atoms with van der Waals surface area (Å²) in [5, 5.41) is 2.11. The van der Waals surface area contributed by atoms with Crippen LogP contribution in [-0.2, 0) is 4.79 Å². The third-order valence-electron chi connectivity index (χ3n) is 4.67. The van der Waals surface area contributed by atoms with E-state index in [-0.39, 0.29) is 0 Å². The maximum absolute atomic E-state index is 11.8. The molecule has 0 aliphatic carbocycles. The molecule has 1 aromatic carbocycles. The van der Waals surface area contributed by atoms with Crippen molar-refractivity contribution in [2.45, 2.75) is 18.9 Å². The maximum Gasteiger partial charge on any atom is 0.223 e. The lowest BCUT2D eigenvalue weighted by atomic mass is 10.1. The van der Waals surface area contributed by atoms with E-state index in [1.807, 2.05) is 17.2 Å². The van der Waals surface area contributed by atoms with Gasteiger partial charge in [0.05, 0.1) is 11.4 Å². The van der Waals surface area contributed by atoms with Crippen LogP contribution in [0.5, 0.6) is 0 Å². The van der Waals surface area contributed by atoms with Gasteiger partial charge in [-0.05, 0) is 18.6 Å². The maximum atomic E-state index is 11.8. The average molecular weight is 282 g/mol. The van der Waals surface area contributed by atoms with Gasteiger partial charge in [-0.25, -0.2) is 0 Å². The number of hydrogen-bond donors (Lipinski definition) is 1. The number of amides is 1. The second-order valence-corrected chi connectivity index (χ2v) is 5.82. The Morgan fingerprint density at radius 1 is 1.24 bits per heavy atom. The van der Waals surface area contributed by atoms with Crippen molar-refractivity contribution in [2.24, 2.45) is 0 Å². The summed E-state index contributed by atoms with van der Waals surface area (Å²) in [6.45, 7) is 2.53. The van der Waals surface area contributed by atoms with Crippen molar-refractivity contribution >= 4 is 28.1 Å². The van der Waals surface area contributed by atoms with E-state index in [0.717, 1.165) is 48.2 Å². The fourth-order valence-corrected chi connectivity index (χ4v) is 3.54. The summed E-state index contributed by atoms with van der Waals surface area (Å²) in [6.07, 6.45) is 5.27. The summed E-state index contributed by atoms with van der Waals surface area (Å²) >= 11 is 0. The van der Waals surface area contributed by atoms with Crippen LogP contribution < -0.4 is 10.6 Å². The molecule has 4 rings (SSSR count). The molecule has 2 aliphatic heterocycles. The van der Waals surface area contributed by atoms with Gasteiger partial charge in [0.25, 0.3) is 0 Å². The van der Waals surface area contributed by atoms with Gasteiger partial charge in [-0.15, -0.1) is 0 Å². The van der Waals surface area contributed by atoms with E-state index in [4.69, 9.17) is 5.73 Å². The second kappa shape index (κ2) is 4.62. The van der Waals surface area contributed by atoms with Gasteiger partial charge in [-0.3, -0.25) is 9.78 Å². The van der Waals surface area contributed by atoms with Gasteiger partial charge in [-0.2, -0.15) is 0 Å². The first-order chi connectivity index (χ1) is 10.2. The van der Waals surface area contributed by atoms with E-state index in [1.54, 1.807) is 6.20 Å². The Balaban J connectivity index is 1.68. The van der Waals surface area contributed by atoms with Crippen LogP contribution in [0.15, 0.2) is 30.6 Å². The number of fused-ring (bicyclic) bond motifs is 2. The van der Waals surface area contributed by atoms with Gasteiger partial charge in [0.15, 0.2) is 0 Å². The number of anilines is 2. The summed E-state index contributed by atoms with van der Waals surface area (Å²) < 4.78 is 0. The third kappa shape index (κ3) is 1.92. The first-order valence-electron chi connectivity index (χ1n) is 7.40. The molecule has 108 valence electrons. The van der Waals surface area contributed by atoms with Crippen LogP contribution in [0.25, 0.3) is 10.8 Å². The number of carbonyl (C=O) groups is 1. The molecule has 1 atom stereocenters. The van der Waals surface area contributed by atoms with Crippen molar-refractivity contribution < 1.29 is 4.79 Å². The zero-order valence-electron chi connectivity index (χ0n) is 11.8. The predicted molar refractivity (Wildman–Crippen MR) is 83.1 cm³/mol. The van der Waals surface area contributed by atoms with E-state index in [2.05, 4.69) is 22.0 Å².